The molecule has 3 rings (SSSR count). The number of amides is 3. The van der Waals surface area contributed by atoms with Crippen LogP contribution in [0.2, 0.25) is 0 Å². The van der Waals surface area contributed by atoms with Crippen molar-refractivity contribution in [3.63, 3.8) is 0 Å². The molecule has 1 aliphatic heterocycles. The second kappa shape index (κ2) is 6.55. The van der Waals surface area contributed by atoms with Gasteiger partial charge in [-0.1, -0.05) is 6.07 Å². The van der Waals surface area contributed by atoms with Crippen molar-refractivity contribution in [2.24, 2.45) is 5.92 Å². The van der Waals surface area contributed by atoms with E-state index in [2.05, 4.69) is 5.32 Å². The fourth-order valence-corrected chi connectivity index (χ4v) is 3.35. The van der Waals surface area contributed by atoms with Crippen LogP contribution >= 0.6 is 0 Å². The number of hydrogen-bond acceptors (Lipinski definition) is 5. The van der Waals surface area contributed by atoms with Crippen LogP contribution in [0.1, 0.15) is 25.3 Å². The first-order valence-corrected chi connectivity index (χ1v) is 8.42. The van der Waals surface area contributed by atoms with Crippen LogP contribution in [-0.2, 0) is 11.3 Å². The molecule has 1 heterocycles. The fourth-order valence-electron chi connectivity index (χ4n) is 3.35. The number of carbonyl (C=O) groups is 2. The summed E-state index contributed by atoms with van der Waals surface area (Å²) in [4.78, 5) is 28.2. The van der Waals surface area contributed by atoms with Gasteiger partial charge in [-0.3, -0.25) is 9.69 Å². The number of benzene rings is 1. The fraction of sp³-hybridized carbons (Fsp3) is 0.556. The van der Waals surface area contributed by atoms with Gasteiger partial charge in [0, 0.05) is 18.2 Å². The number of imide groups is 1. The number of rotatable bonds is 7. The van der Waals surface area contributed by atoms with Crippen molar-refractivity contribution in [3.05, 3.63) is 23.8 Å². The van der Waals surface area contributed by atoms with E-state index >= 15 is 0 Å². The van der Waals surface area contributed by atoms with E-state index in [1.165, 1.54) is 4.90 Å². The monoisotopic (exact) mass is 347 g/mol. The van der Waals surface area contributed by atoms with E-state index in [0.717, 1.165) is 24.2 Å². The van der Waals surface area contributed by atoms with Gasteiger partial charge in [-0.05, 0) is 38.8 Å². The summed E-state index contributed by atoms with van der Waals surface area (Å²) in [6.45, 7) is 2.62. The summed E-state index contributed by atoms with van der Waals surface area (Å²) in [7, 11) is 5.09. The number of nitrogens with one attached hydrogen (secondary N) is 1. The number of methoxy groups -OCH3 is 2. The molecule has 1 N–H and O–H groups in total. The van der Waals surface area contributed by atoms with Crippen LogP contribution in [0.3, 0.4) is 0 Å². The lowest BCUT2D eigenvalue weighted by Gasteiger charge is -2.25. The molecular formula is C18H25N3O4. The minimum atomic E-state index is -0.740. The van der Waals surface area contributed by atoms with Gasteiger partial charge in [0.05, 0.1) is 20.9 Å². The highest BCUT2D eigenvalue weighted by Crippen LogP contribution is 2.42. The Morgan fingerprint density at radius 3 is 2.60 bits per heavy atom. The standard InChI is InChI=1S/C18H25N3O4/c1-18(13-6-7-13)16(22)21(17(23)19-18)11-20(2)10-12-5-8-14(24-3)9-15(12)25-4/h5,8-9,13H,6-7,10-11H2,1-4H3,(H,19,23)/t18-/m0/s1. The predicted molar refractivity (Wildman–Crippen MR) is 92.4 cm³/mol. The first kappa shape index (κ1) is 17.5. The van der Waals surface area contributed by atoms with Crippen molar-refractivity contribution in [3.8, 4) is 11.5 Å². The Morgan fingerprint density at radius 1 is 1.28 bits per heavy atom. The minimum absolute atomic E-state index is 0.131. The Bertz CT molecular complexity index is 689. The van der Waals surface area contributed by atoms with Crippen molar-refractivity contribution in [2.75, 3.05) is 27.9 Å². The van der Waals surface area contributed by atoms with Gasteiger partial charge in [0.2, 0.25) is 0 Å². The summed E-state index contributed by atoms with van der Waals surface area (Å²) in [6.07, 6.45) is 1.99. The minimum Gasteiger partial charge on any atom is -0.497 e. The lowest BCUT2D eigenvalue weighted by atomic mass is 9.96. The van der Waals surface area contributed by atoms with E-state index in [-0.39, 0.29) is 24.5 Å². The number of carbonyl (C=O) groups excluding carboxylic acids is 2. The molecule has 7 nitrogen and oxygen atoms in total. The Morgan fingerprint density at radius 2 is 2.00 bits per heavy atom. The topological polar surface area (TPSA) is 71.1 Å². The highest BCUT2D eigenvalue weighted by molar-refractivity contribution is 6.07. The SMILES string of the molecule is COc1ccc(CN(C)CN2C(=O)N[C@@](C)(C3CC3)C2=O)c(OC)c1. The van der Waals surface area contributed by atoms with Gasteiger partial charge in [-0.15, -0.1) is 0 Å². The first-order chi connectivity index (χ1) is 11.9. The van der Waals surface area contributed by atoms with Gasteiger partial charge in [0.25, 0.3) is 5.91 Å². The van der Waals surface area contributed by atoms with Crippen molar-refractivity contribution < 1.29 is 19.1 Å². The molecule has 1 saturated carbocycles. The van der Waals surface area contributed by atoms with Gasteiger partial charge < -0.3 is 14.8 Å². The number of nitrogens with zero attached hydrogens (tertiary/aromatic N) is 2. The number of hydrogen-bond donors (Lipinski definition) is 1. The maximum Gasteiger partial charge on any atom is 0.326 e. The van der Waals surface area contributed by atoms with Crippen LogP contribution in [0.4, 0.5) is 4.79 Å². The summed E-state index contributed by atoms with van der Waals surface area (Å²) in [5.74, 6) is 1.57. The van der Waals surface area contributed by atoms with E-state index in [0.29, 0.717) is 12.3 Å². The van der Waals surface area contributed by atoms with Crippen molar-refractivity contribution >= 4 is 11.9 Å². The van der Waals surface area contributed by atoms with Crippen LogP contribution in [0, 0.1) is 5.92 Å². The first-order valence-electron chi connectivity index (χ1n) is 8.42. The molecule has 0 spiro atoms. The average Bonchev–Trinajstić information content (AvgIpc) is 3.41. The summed E-state index contributed by atoms with van der Waals surface area (Å²) < 4.78 is 10.6. The summed E-state index contributed by atoms with van der Waals surface area (Å²) in [5.41, 5.74) is 0.221. The largest absolute Gasteiger partial charge is 0.497 e. The Labute approximate surface area is 147 Å². The second-order valence-corrected chi connectivity index (χ2v) is 6.97. The van der Waals surface area contributed by atoms with Crippen molar-refractivity contribution in [2.45, 2.75) is 31.8 Å². The molecule has 1 atom stereocenters. The molecule has 1 aromatic carbocycles. The Kier molecular flexibility index (Phi) is 4.60. The maximum atomic E-state index is 12.7. The molecule has 25 heavy (non-hydrogen) atoms. The van der Waals surface area contributed by atoms with Gasteiger partial charge >= 0.3 is 6.03 Å². The van der Waals surface area contributed by atoms with Gasteiger partial charge in [-0.25, -0.2) is 9.69 Å². The van der Waals surface area contributed by atoms with E-state index in [4.69, 9.17) is 9.47 Å². The third kappa shape index (κ3) is 3.28. The normalized spacial score (nSPS) is 23.2. The zero-order valence-corrected chi connectivity index (χ0v) is 15.2. The molecule has 7 heteroatoms. The van der Waals surface area contributed by atoms with Crippen molar-refractivity contribution in [1.82, 2.24) is 15.1 Å². The molecule has 1 aliphatic carbocycles. The summed E-state index contributed by atoms with van der Waals surface area (Å²) in [5, 5.41) is 2.87. The number of ether oxygens (including phenoxy) is 2. The smallest absolute Gasteiger partial charge is 0.326 e. The van der Waals surface area contributed by atoms with Crippen LogP contribution in [0.25, 0.3) is 0 Å². The molecule has 0 bridgehead atoms. The molecule has 3 amide bonds. The second-order valence-electron chi connectivity index (χ2n) is 6.97. The van der Waals surface area contributed by atoms with Crippen LogP contribution < -0.4 is 14.8 Å². The molecule has 1 aromatic rings. The quantitative estimate of drug-likeness (QED) is 0.762. The lowest BCUT2D eigenvalue weighted by Crippen LogP contribution is -2.46. The lowest BCUT2D eigenvalue weighted by molar-refractivity contribution is -0.132. The summed E-state index contributed by atoms with van der Waals surface area (Å²) >= 11 is 0. The third-order valence-corrected chi connectivity index (χ3v) is 5.01. The van der Waals surface area contributed by atoms with Crippen LogP contribution in [0.15, 0.2) is 18.2 Å². The van der Waals surface area contributed by atoms with Crippen LogP contribution in [0.5, 0.6) is 11.5 Å². The number of urea groups is 1. The molecule has 0 unspecified atom stereocenters. The highest BCUT2D eigenvalue weighted by Gasteiger charge is 2.56. The highest BCUT2D eigenvalue weighted by atomic mass is 16.5. The molecule has 2 aliphatic rings. The summed E-state index contributed by atoms with van der Waals surface area (Å²) in [6, 6.07) is 5.30. The molecular weight excluding hydrogens is 322 g/mol. The van der Waals surface area contributed by atoms with Crippen LogP contribution in [-0.4, -0.2) is 55.2 Å². The van der Waals surface area contributed by atoms with Gasteiger partial charge in [0.15, 0.2) is 0 Å². The molecule has 2 fully saturated rings. The third-order valence-electron chi connectivity index (χ3n) is 5.01. The molecule has 0 aromatic heterocycles. The van der Waals surface area contributed by atoms with Gasteiger partial charge in [-0.2, -0.15) is 0 Å². The zero-order chi connectivity index (χ0) is 18.2. The van der Waals surface area contributed by atoms with E-state index in [9.17, 15) is 9.59 Å². The van der Waals surface area contributed by atoms with E-state index < -0.39 is 5.54 Å². The zero-order valence-electron chi connectivity index (χ0n) is 15.2. The van der Waals surface area contributed by atoms with Crippen molar-refractivity contribution in [1.29, 1.82) is 0 Å². The molecule has 1 saturated heterocycles. The Balaban J connectivity index is 1.67. The predicted octanol–water partition coefficient (Wildman–Crippen LogP) is 1.81. The maximum absolute atomic E-state index is 12.7. The molecule has 136 valence electrons. The Hall–Kier alpha value is -2.28. The van der Waals surface area contributed by atoms with E-state index in [1.807, 2.05) is 37.1 Å². The van der Waals surface area contributed by atoms with Gasteiger partial charge in [0.1, 0.15) is 17.0 Å². The molecule has 0 radical (unpaired) electrons. The van der Waals surface area contributed by atoms with E-state index in [1.54, 1.807) is 14.2 Å². The average molecular weight is 347 g/mol.